The van der Waals surface area contributed by atoms with Crippen molar-refractivity contribution in [2.24, 2.45) is 0 Å². The van der Waals surface area contributed by atoms with Gasteiger partial charge in [0.05, 0.1) is 12.0 Å². The van der Waals surface area contributed by atoms with E-state index in [0.717, 1.165) is 36.7 Å². The van der Waals surface area contributed by atoms with Crippen molar-refractivity contribution < 1.29 is 19.4 Å². The largest absolute Gasteiger partial charge is 0.490 e. The lowest BCUT2D eigenvalue weighted by Gasteiger charge is -2.18. The summed E-state index contributed by atoms with van der Waals surface area (Å²) in [6, 6.07) is 5.38. The van der Waals surface area contributed by atoms with Crippen LogP contribution in [0.1, 0.15) is 30.7 Å². The van der Waals surface area contributed by atoms with Crippen LogP contribution in [0.25, 0.3) is 0 Å². The van der Waals surface area contributed by atoms with E-state index >= 15 is 0 Å². The van der Waals surface area contributed by atoms with Crippen molar-refractivity contribution in [2.45, 2.75) is 31.2 Å². The number of carbonyl (C=O) groups is 1. The number of nitrogens with zero attached hydrogens (tertiary/aromatic N) is 1. The fourth-order valence-corrected chi connectivity index (χ4v) is 4.40. The van der Waals surface area contributed by atoms with Crippen molar-refractivity contribution in [1.82, 2.24) is 10.2 Å². The van der Waals surface area contributed by atoms with Crippen LogP contribution in [0.15, 0.2) is 18.2 Å². The first-order valence-corrected chi connectivity index (χ1v) is 9.94. The molecule has 0 aliphatic carbocycles. The summed E-state index contributed by atoms with van der Waals surface area (Å²) in [5.41, 5.74) is 1.02. The molecule has 0 bridgehead atoms. The summed E-state index contributed by atoms with van der Waals surface area (Å²) in [5, 5.41) is 12.2. The van der Waals surface area contributed by atoms with E-state index in [2.05, 4.69) is 10.2 Å². The minimum atomic E-state index is -0.804. The monoisotopic (exact) mass is 366 g/mol. The molecule has 6 nitrogen and oxygen atoms in total. The van der Waals surface area contributed by atoms with Gasteiger partial charge in [-0.15, -0.1) is 11.8 Å². The fraction of sp³-hybridized carbons (Fsp3) is 0.611. The minimum Gasteiger partial charge on any atom is -0.490 e. The highest BCUT2D eigenvalue weighted by molar-refractivity contribution is 7.99. The number of nitrogens with one attached hydrogen (secondary N) is 1. The molecule has 3 rings (SSSR count). The molecular formula is C18H26N2O4S. The Morgan fingerprint density at radius 2 is 2.12 bits per heavy atom. The van der Waals surface area contributed by atoms with Gasteiger partial charge in [0, 0.05) is 12.3 Å². The van der Waals surface area contributed by atoms with Crippen LogP contribution in [0.3, 0.4) is 0 Å². The number of hydrogen-bond donors (Lipinski definition) is 2. The molecule has 7 heteroatoms. The summed E-state index contributed by atoms with van der Waals surface area (Å²) in [4.78, 5) is 13.5. The number of rotatable bonds is 8. The van der Waals surface area contributed by atoms with Gasteiger partial charge in [0.25, 0.3) is 0 Å². The molecule has 0 radical (unpaired) electrons. The zero-order valence-electron chi connectivity index (χ0n) is 14.6. The van der Waals surface area contributed by atoms with Gasteiger partial charge in [-0.05, 0) is 50.6 Å². The maximum absolute atomic E-state index is 11.1. The first-order chi connectivity index (χ1) is 12.2. The van der Waals surface area contributed by atoms with E-state index in [1.807, 2.05) is 25.1 Å². The Balaban J connectivity index is 1.62. The molecule has 2 aliphatic heterocycles. The Labute approximate surface area is 152 Å². The number of hydrogen-bond acceptors (Lipinski definition) is 6. The molecule has 2 N–H and O–H groups in total. The van der Waals surface area contributed by atoms with Crippen LogP contribution in [0.5, 0.6) is 11.5 Å². The SMILES string of the molecule is CCOc1cc(C2NC(C(=O)O)CS2)ccc1OCCN1CCCC1. The number of aliphatic carboxylic acids is 1. The number of likely N-dealkylation sites (tertiary alicyclic amines) is 1. The molecule has 2 saturated heterocycles. The van der Waals surface area contributed by atoms with Crippen molar-refractivity contribution in [2.75, 3.05) is 38.6 Å². The second kappa shape index (κ2) is 8.78. The molecule has 1 aromatic carbocycles. The van der Waals surface area contributed by atoms with Gasteiger partial charge < -0.3 is 14.6 Å². The van der Waals surface area contributed by atoms with Crippen LogP contribution >= 0.6 is 11.8 Å². The summed E-state index contributed by atoms with van der Waals surface area (Å²) in [6.45, 7) is 6.43. The molecule has 1 aromatic rings. The average molecular weight is 366 g/mol. The van der Waals surface area contributed by atoms with Gasteiger partial charge in [-0.2, -0.15) is 0 Å². The van der Waals surface area contributed by atoms with E-state index in [1.54, 1.807) is 11.8 Å². The van der Waals surface area contributed by atoms with Crippen molar-refractivity contribution in [1.29, 1.82) is 0 Å². The smallest absolute Gasteiger partial charge is 0.321 e. The highest BCUT2D eigenvalue weighted by atomic mass is 32.2. The molecule has 0 amide bonds. The summed E-state index contributed by atoms with van der Waals surface area (Å²) in [6.07, 6.45) is 2.56. The second-order valence-corrected chi connectivity index (χ2v) is 7.45. The highest BCUT2D eigenvalue weighted by Gasteiger charge is 2.30. The number of ether oxygens (including phenoxy) is 2. The van der Waals surface area contributed by atoms with Gasteiger partial charge in [0.15, 0.2) is 11.5 Å². The van der Waals surface area contributed by atoms with Crippen LogP contribution < -0.4 is 14.8 Å². The lowest BCUT2D eigenvalue weighted by Crippen LogP contribution is -2.33. The van der Waals surface area contributed by atoms with Gasteiger partial charge in [0.1, 0.15) is 12.6 Å². The summed E-state index contributed by atoms with van der Waals surface area (Å²) < 4.78 is 11.7. The normalized spacial score (nSPS) is 23.7. The van der Waals surface area contributed by atoms with Gasteiger partial charge in [-0.3, -0.25) is 15.0 Å². The van der Waals surface area contributed by atoms with E-state index in [0.29, 0.717) is 19.0 Å². The highest BCUT2D eigenvalue weighted by Crippen LogP contribution is 2.37. The van der Waals surface area contributed by atoms with Crippen LogP contribution in [0.2, 0.25) is 0 Å². The Bertz CT molecular complexity index is 592. The van der Waals surface area contributed by atoms with E-state index in [1.165, 1.54) is 12.8 Å². The van der Waals surface area contributed by atoms with E-state index < -0.39 is 12.0 Å². The van der Waals surface area contributed by atoms with Crippen molar-refractivity contribution in [3.05, 3.63) is 23.8 Å². The minimum absolute atomic E-state index is 0.0287. The van der Waals surface area contributed by atoms with Gasteiger partial charge in [-0.25, -0.2) is 0 Å². The molecule has 2 atom stereocenters. The first-order valence-electron chi connectivity index (χ1n) is 8.89. The Kier molecular flexibility index (Phi) is 6.45. The summed E-state index contributed by atoms with van der Waals surface area (Å²) >= 11 is 1.60. The number of benzene rings is 1. The predicted molar refractivity (Wildman–Crippen MR) is 98.5 cm³/mol. The molecule has 138 valence electrons. The summed E-state index contributed by atoms with van der Waals surface area (Å²) in [7, 11) is 0. The molecule has 0 spiro atoms. The van der Waals surface area contributed by atoms with E-state index in [9.17, 15) is 4.79 Å². The molecule has 0 saturated carbocycles. The Hall–Kier alpha value is -1.44. The van der Waals surface area contributed by atoms with Crippen LogP contribution in [-0.4, -0.2) is 60.6 Å². The Morgan fingerprint density at radius 1 is 1.32 bits per heavy atom. The zero-order valence-corrected chi connectivity index (χ0v) is 15.4. The van der Waals surface area contributed by atoms with Gasteiger partial charge >= 0.3 is 5.97 Å². The number of carboxylic acid groups (broad SMARTS) is 1. The molecular weight excluding hydrogens is 340 g/mol. The quantitative estimate of drug-likeness (QED) is 0.732. The van der Waals surface area contributed by atoms with Crippen molar-refractivity contribution in [3.63, 3.8) is 0 Å². The lowest BCUT2D eigenvalue weighted by atomic mass is 10.2. The molecule has 0 aromatic heterocycles. The van der Waals surface area contributed by atoms with Crippen LogP contribution in [0, 0.1) is 0 Å². The number of carboxylic acids is 1. The van der Waals surface area contributed by atoms with Crippen LogP contribution in [-0.2, 0) is 4.79 Å². The molecule has 2 unspecified atom stereocenters. The maximum atomic E-state index is 11.1. The Morgan fingerprint density at radius 3 is 2.80 bits per heavy atom. The van der Waals surface area contributed by atoms with E-state index in [4.69, 9.17) is 14.6 Å². The third-order valence-electron chi connectivity index (χ3n) is 4.51. The maximum Gasteiger partial charge on any atom is 0.321 e. The van der Waals surface area contributed by atoms with Crippen molar-refractivity contribution >= 4 is 17.7 Å². The molecule has 2 heterocycles. The van der Waals surface area contributed by atoms with Gasteiger partial charge in [0.2, 0.25) is 0 Å². The third-order valence-corrected chi connectivity index (χ3v) is 5.78. The third kappa shape index (κ3) is 4.80. The zero-order chi connectivity index (χ0) is 17.6. The molecule has 2 aliphatic rings. The van der Waals surface area contributed by atoms with Gasteiger partial charge in [-0.1, -0.05) is 6.07 Å². The van der Waals surface area contributed by atoms with E-state index in [-0.39, 0.29) is 5.37 Å². The standard InChI is InChI=1S/C18H26N2O4S/c1-2-23-16-11-13(17-19-14(12-25-17)18(21)22)5-6-15(16)24-10-9-20-7-3-4-8-20/h5-6,11,14,17,19H,2-4,7-10,12H2,1H3,(H,21,22). The second-order valence-electron chi connectivity index (χ2n) is 6.31. The topological polar surface area (TPSA) is 71.0 Å². The number of thioether (sulfide) groups is 1. The fourth-order valence-electron chi connectivity index (χ4n) is 3.17. The first kappa shape index (κ1) is 18.4. The van der Waals surface area contributed by atoms with Crippen LogP contribution in [0.4, 0.5) is 0 Å². The lowest BCUT2D eigenvalue weighted by molar-refractivity contribution is -0.138. The average Bonchev–Trinajstić information content (AvgIpc) is 3.28. The predicted octanol–water partition coefficient (Wildman–Crippen LogP) is 2.35. The molecule has 25 heavy (non-hydrogen) atoms. The summed E-state index contributed by atoms with van der Waals surface area (Å²) in [5.74, 6) is 1.24. The molecule has 2 fully saturated rings. The van der Waals surface area contributed by atoms with Crippen molar-refractivity contribution in [3.8, 4) is 11.5 Å².